The third-order valence-electron chi connectivity index (χ3n) is 6.86. The van der Waals surface area contributed by atoms with Crippen LogP contribution in [0.4, 0.5) is 4.79 Å². The highest BCUT2D eigenvalue weighted by atomic mass is 16.6. The van der Waals surface area contributed by atoms with E-state index in [4.69, 9.17) is 9.47 Å². The Morgan fingerprint density at radius 1 is 1.26 bits per heavy atom. The smallest absolute Gasteiger partial charge is 0.410 e. The Hall–Kier alpha value is -3.53. The number of hydrogen-bond acceptors (Lipinski definition) is 5. The molecule has 0 radical (unpaired) electrons. The van der Waals surface area contributed by atoms with E-state index in [0.29, 0.717) is 24.6 Å². The number of carbonyl (C=O) groups excluding carboxylic acids is 1. The number of nitrogens with zero attached hydrogens (tertiary/aromatic N) is 4. The van der Waals surface area contributed by atoms with Crippen molar-refractivity contribution in [2.75, 3.05) is 13.1 Å². The van der Waals surface area contributed by atoms with Crippen LogP contribution in [-0.2, 0) is 11.3 Å². The van der Waals surface area contributed by atoms with Gasteiger partial charge in [-0.1, -0.05) is 18.2 Å². The van der Waals surface area contributed by atoms with Gasteiger partial charge >= 0.3 is 6.09 Å². The number of benzene rings is 2. The van der Waals surface area contributed by atoms with Crippen LogP contribution < -0.4 is 4.74 Å². The van der Waals surface area contributed by atoms with Crippen molar-refractivity contribution in [3.63, 3.8) is 0 Å². The van der Waals surface area contributed by atoms with E-state index in [0.717, 1.165) is 49.0 Å². The van der Waals surface area contributed by atoms with E-state index in [1.165, 1.54) is 0 Å². The minimum Gasteiger partial charge on any atom is -0.486 e. The molecule has 1 amide bonds. The fourth-order valence-electron chi connectivity index (χ4n) is 5.50. The number of amides is 1. The largest absolute Gasteiger partial charge is 0.486 e. The molecule has 1 aromatic heterocycles. The number of nitriles is 1. The zero-order valence-electron chi connectivity index (χ0n) is 19.7. The second-order valence-electron chi connectivity index (χ2n) is 10.3. The first-order valence-electron chi connectivity index (χ1n) is 11.9. The van der Waals surface area contributed by atoms with Crippen LogP contribution in [0, 0.1) is 17.2 Å². The minimum absolute atomic E-state index is 0.253. The molecular formula is C27H30N4O3. The van der Waals surface area contributed by atoms with E-state index in [2.05, 4.69) is 15.6 Å². The van der Waals surface area contributed by atoms with Crippen LogP contribution in [0.5, 0.6) is 5.75 Å². The molecule has 2 atom stereocenters. The van der Waals surface area contributed by atoms with Gasteiger partial charge in [0.05, 0.1) is 42.1 Å². The van der Waals surface area contributed by atoms with Crippen molar-refractivity contribution >= 4 is 17.1 Å². The lowest BCUT2D eigenvalue weighted by Gasteiger charge is -2.36. The highest BCUT2D eigenvalue weighted by Crippen LogP contribution is 2.41. The molecule has 1 aliphatic carbocycles. The summed E-state index contributed by atoms with van der Waals surface area (Å²) in [6, 6.07) is 17.5. The van der Waals surface area contributed by atoms with Crippen molar-refractivity contribution in [1.29, 1.82) is 5.26 Å². The van der Waals surface area contributed by atoms with Crippen molar-refractivity contribution in [3.8, 4) is 11.8 Å². The minimum atomic E-state index is -0.534. The summed E-state index contributed by atoms with van der Waals surface area (Å²) in [6.45, 7) is 5.86. The molecule has 1 aliphatic heterocycles. The van der Waals surface area contributed by atoms with Gasteiger partial charge in [-0.2, -0.15) is 5.26 Å². The monoisotopic (exact) mass is 458 g/mol. The fourth-order valence-corrected chi connectivity index (χ4v) is 5.50. The molecule has 7 heteroatoms. The number of imidazole rings is 1. The van der Waals surface area contributed by atoms with E-state index in [1.54, 1.807) is 11.0 Å². The molecule has 2 aliphatic rings. The molecule has 5 rings (SSSR count). The molecule has 0 bridgehead atoms. The third kappa shape index (κ3) is 4.58. The molecule has 176 valence electrons. The molecule has 2 heterocycles. The average Bonchev–Trinajstić information content (AvgIpc) is 3.33. The van der Waals surface area contributed by atoms with E-state index < -0.39 is 11.2 Å². The van der Waals surface area contributed by atoms with Gasteiger partial charge in [0.25, 0.3) is 0 Å². The fraction of sp³-hybridized carbons (Fsp3) is 0.444. The summed E-state index contributed by atoms with van der Waals surface area (Å²) in [7, 11) is 0. The Morgan fingerprint density at radius 2 is 2.09 bits per heavy atom. The van der Waals surface area contributed by atoms with Gasteiger partial charge in [-0.05, 0) is 75.8 Å². The summed E-state index contributed by atoms with van der Waals surface area (Å²) >= 11 is 0. The summed E-state index contributed by atoms with van der Waals surface area (Å²) in [5, 5.41) is 9.26. The lowest BCUT2D eigenvalue weighted by atomic mass is 9.78. The number of rotatable bonds is 6. The Kier molecular flexibility index (Phi) is 5.68. The second-order valence-corrected chi connectivity index (χ2v) is 10.3. The zero-order valence-corrected chi connectivity index (χ0v) is 19.7. The number of hydrogen-bond donors (Lipinski definition) is 0. The molecule has 0 N–H and O–H groups in total. The number of ether oxygens (including phenoxy) is 2. The number of aromatic nitrogens is 2. The molecular weight excluding hydrogens is 428 g/mol. The van der Waals surface area contributed by atoms with Crippen LogP contribution in [-0.4, -0.2) is 44.8 Å². The van der Waals surface area contributed by atoms with Gasteiger partial charge in [0.15, 0.2) is 0 Å². The Labute approximate surface area is 199 Å². The van der Waals surface area contributed by atoms with Crippen molar-refractivity contribution in [2.45, 2.75) is 57.3 Å². The lowest BCUT2D eigenvalue weighted by Crippen LogP contribution is -2.45. The zero-order chi connectivity index (χ0) is 23.8. The van der Waals surface area contributed by atoms with Crippen LogP contribution in [0.15, 0.2) is 54.9 Å². The first-order chi connectivity index (χ1) is 16.3. The van der Waals surface area contributed by atoms with E-state index >= 15 is 0 Å². The van der Waals surface area contributed by atoms with Gasteiger partial charge in [0.1, 0.15) is 17.0 Å². The maximum atomic E-state index is 12.8. The van der Waals surface area contributed by atoms with Crippen molar-refractivity contribution in [3.05, 3.63) is 60.4 Å². The van der Waals surface area contributed by atoms with Crippen molar-refractivity contribution in [1.82, 2.24) is 14.5 Å². The predicted molar refractivity (Wildman–Crippen MR) is 128 cm³/mol. The molecule has 7 nitrogen and oxygen atoms in total. The summed E-state index contributed by atoms with van der Waals surface area (Å²) in [4.78, 5) is 19.1. The van der Waals surface area contributed by atoms with Crippen molar-refractivity contribution in [2.24, 2.45) is 5.92 Å². The first-order valence-corrected chi connectivity index (χ1v) is 11.9. The maximum Gasteiger partial charge on any atom is 0.410 e. The Bertz CT molecular complexity index is 1230. The second kappa shape index (κ2) is 8.68. The average molecular weight is 459 g/mol. The maximum absolute atomic E-state index is 12.8. The van der Waals surface area contributed by atoms with Crippen LogP contribution >= 0.6 is 0 Å². The summed E-state index contributed by atoms with van der Waals surface area (Å²) < 4.78 is 14.3. The van der Waals surface area contributed by atoms with Gasteiger partial charge in [0.2, 0.25) is 0 Å². The van der Waals surface area contributed by atoms with Gasteiger partial charge in [0, 0.05) is 6.54 Å². The highest BCUT2D eigenvalue weighted by Gasteiger charge is 2.49. The van der Waals surface area contributed by atoms with Crippen molar-refractivity contribution < 1.29 is 14.3 Å². The van der Waals surface area contributed by atoms with Crippen LogP contribution in [0.25, 0.3) is 11.0 Å². The van der Waals surface area contributed by atoms with Gasteiger partial charge in [-0.15, -0.1) is 0 Å². The molecule has 1 spiro atoms. The number of carbonyl (C=O) groups is 1. The third-order valence-corrected chi connectivity index (χ3v) is 6.86. The molecule has 2 aromatic carbocycles. The summed E-state index contributed by atoms with van der Waals surface area (Å²) in [5.41, 5.74) is 1.52. The first kappa shape index (κ1) is 22.3. The predicted octanol–water partition coefficient (Wildman–Crippen LogP) is 5.15. The van der Waals surface area contributed by atoms with Gasteiger partial charge in [-0.25, -0.2) is 9.78 Å². The molecule has 1 saturated carbocycles. The van der Waals surface area contributed by atoms with E-state index in [-0.39, 0.29) is 6.09 Å². The SMILES string of the molecule is CC(C)(CN1C[C@@]2(CCCC(Cn3cnc4ccc(C#N)cc43)C2)OC1=O)Oc1ccccc1. The van der Waals surface area contributed by atoms with Gasteiger partial charge in [-0.3, -0.25) is 0 Å². The standard InChI is InChI=1S/C27H30N4O3/c1-26(2,33-22-8-4-3-5-9-22)17-31-18-27(34-25(31)32)12-6-7-21(14-27)16-30-19-29-23-11-10-20(15-28)13-24(23)30/h3-5,8-11,13,19,21H,6-7,12,14,16-18H2,1-2H3/t21?,27-/m0/s1. The summed E-state index contributed by atoms with van der Waals surface area (Å²) in [5.74, 6) is 1.16. The van der Waals surface area contributed by atoms with Crippen LogP contribution in [0.3, 0.4) is 0 Å². The molecule has 2 fully saturated rings. The normalized spacial score (nSPS) is 22.7. The topological polar surface area (TPSA) is 80.4 Å². The molecule has 34 heavy (non-hydrogen) atoms. The Morgan fingerprint density at radius 3 is 2.88 bits per heavy atom. The Balaban J connectivity index is 1.26. The lowest BCUT2D eigenvalue weighted by molar-refractivity contribution is 0.00402. The van der Waals surface area contributed by atoms with E-state index in [9.17, 15) is 10.1 Å². The molecule has 1 unspecified atom stereocenters. The van der Waals surface area contributed by atoms with Gasteiger partial charge < -0.3 is 18.9 Å². The summed E-state index contributed by atoms with van der Waals surface area (Å²) in [6.07, 6.45) is 5.41. The molecule has 1 saturated heterocycles. The van der Waals surface area contributed by atoms with Crippen LogP contribution in [0.1, 0.15) is 45.1 Å². The quantitative estimate of drug-likeness (QED) is 0.511. The number of para-hydroxylation sites is 1. The molecule has 3 aromatic rings. The number of fused-ring (bicyclic) bond motifs is 1. The van der Waals surface area contributed by atoms with E-state index in [1.807, 2.05) is 62.6 Å². The van der Waals surface area contributed by atoms with Crippen LogP contribution in [0.2, 0.25) is 0 Å². The highest BCUT2D eigenvalue weighted by molar-refractivity contribution is 5.77.